The molecule has 0 radical (unpaired) electrons. The molecule has 0 aromatic rings. The van der Waals surface area contributed by atoms with Crippen LogP contribution in [0, 0.1) is 5.92 Å². The average Bonchev–Trinajstić information content (AvgIpc) is 2.64. The number of nitrogens with one attached hydrogen (secondary N) is 1. The van der Waals surface area contributed by atoms with Crippen molar-refractivity contribution in [3.8, 4) is 0 Å². The van der Waals surface area contributed by atoms with Gasteiger partial charge in [-0.2, -0.15) is 11.8 Å². The lowest BCUT2D eigenvalue weighted by Gasteiger charge is -2.35. The van der Waals surface area contributed by atoms with Gasteiger partial charge in [0, 0.05) is 24.1 Å². The standard InChI is InChI=1S/C11H20N2OS/c1-8-3-4-12-10(8)11(14)13-5-6-15-7-9(13)2/h8-10,12H,3-7H2,1-2H3. The maximum absolute atomic E-state index is 12.3. The summed E-state index contributed by atoms with van der Waals surface area (Å²) in [6.45, 7) is 6.25. The minimum atomic E-state index is 0.0792. The Labute approximate surface area is 96.0 Å². The quantitative estimate of drug-likeness (QED) is 0.725. The highest BCUT2D eigenvalue weighted by molar-refractivity contribution is 7.99. The van der Waals surface area contributed by atoms with Crippen LogP contribution in [-0.2, 0) is 4.79 Å². The van der Waals surface area contributed by atoms with Crippen molar-refractivity contribution in [3.05, 3.63) is 0 Å². The number of hydrogen-bond donors (Lipinski definition) is 1. The summed E-state index contributed by atoms with van der Waals surface area (Å²) in [4.78, 5) is 14.3. The van der Waals surface area contributed by atoms with Gasteiger partial charge >= 0.3 is 0 Å². The van der Waals surface area contributed by atoms with Crippen LogP contribution >= 0.6 is 11.8 Å². The Hall–Kier alpha value is -0.220. The summed E-state index contributed by atoms with van der Waals surface area (Å²) in [7, 11) is 0. The second-order valence-electron chi connectivity index (χ2n) is 4.65. The molecule has 3 nitrogen and oxygen atoms in total. The molecule has 2 heterocycles. The van der Waals surface area contributed by atoms with E-state index >= 15 is 0 Å². The molecule has 3 atom stereocenters. The largest absolute Gasteiger partial charge is 0.337 e. The van der Waals surface area contributed by atoms with Crippen molar-refractivity contribution >= 4 is 17.7 Å². The zero-order chi connectivity index (χ0) is 10.8. The number of thioether (sulfide) groups is 1. The third kappa shape index (κ3) is 2.31. The zero-order valence-corrected chi connectivity index (χ0v) is 10.3. The number of rotatable bonds is 1. The molecular weight excluding hydrogens is 208 g/mol. The van der Waals surface area contributed by atoms with Crippen LogP contribution in [0.5, 0.6) is 0 Å². The van der Waals surface area contributed by atoms with E-state index in [1.807, 2.05) is 11.8 Å². The molecule has 0 aromatic carbocycles. The third-order valence-corrected chi connectivity index (χ3v) is 4.64. The Bertz CT molecular complexity index is 247. The Morgan fingerprint density at radius 3 is 2.87 bits per heavy atom. The fraction of sp³-hybridized carbons (Fsp3) is 0.909. The van der Waals surface area contributed by atoms with Crippen LogP contribution in [0.4, 0.5) is 0 Å². The smallest absolute Gasteiger partial charge is 0.240 e. The Morgan fingerprint density at radius 1 is 1.47 bits per heavy atom. The van der Waals surface area contributed by atoms with Gasteiger partial charge in [0.15, 0.2) is 0 Å². The van der Waals surface area contributed by atoms with E-state index in [4.69, 9.17) is 0 Å². The number of carbonyl (C=O) groups excluding carboxylic acids is 1. The molecule has 2 saturated heterocycles. The summed E-state index contributed by atoms with van der Waals surface area (Å²) in [5.74, 6) is 3.01. The van der Waals surface area contributed by atoms with Gasteiger partial charge in [-0.3, -0.25) is 4.79 Å². The number of amides is 1. The van der Waals surface area contributed by atoms with Gasteiger partial charge in [0.05, 0.1) is 6.04 Å². The van der Waals surface area contributed by atoms with Crippen molar-refractivity contribution in [1.29, 1.82) is 0 Å². The summed E-state index contributed by atoms with van der Waals surface area (Å²) in [5, 5.41) is 3.33. The minimum Gasteiger partial charge on any atom is -0.337 e. The van der Waals surface area contributed by atoms with Gasteiger partial charge in [0.25, 0.3) is 0 Å². The molecule has 15 heavy (non-hydrogen) atoms. The first-order valence-electron chi connectivity index (χ1n) is 5.81. The maximum Gasteiger partial charge on any atom is 0.240 e. The normalized spacial score (nSPS) is 36.9. The molecule has 1 amide bonds. The van der Waals surface area contributed by atoms with E-state index in [0.717, 1.165) is 31.0 Å². The SMILES string of the molecule is CC1CCNC1C(=O)N1CCSCC1C. The molecule has 0 bridgehead atoms. The summed E-state index contributed by atoms with van der Waals surface area (Å²) >= 11 is 1.95. The Kier molecular flexibility index (Phi) is 3.57. The topological polar surface area (TPSA) is 32.3 Å². The second-order valence-corrected chi connectivity index (χ2v) is 5.80. The van der Waals surface area contributed by atoms with E-state index in [1.54, 1.807) is 0 Å². The first-order chi connectivity index (χ1) is 7.20. The van der Waals surface area contributed by atoms with Crippen molar-refractivity contribution in [1.82, 2.24) is 10.2 Å². The lowest BCUT2D eigenvalue weighted by molar-refractivity contribution is -0.135. The molecule has 2 fully saturated rings. The van der Waals surface area contributed by atoms with Crippen molar-refractivity contribution in [2.45, 2.75) is 32.4 Å². The maximum atomic E-state index is 12.3. The molecule has 86 valence electrons. The fourth-order valence-electron chi connectivity index (χ4n) is 2.40. The van der Waals surface area contributed by atoms with Gasteiger partial charge in [0.1, 0.15) is 0 Å². The van der Waals surface area contributed by atoms with Crippen LogP contribution in [0.3, 0.4) is 0 Å². The van der Waals surface area contributed by atoms with Crippen molar-refractivity contribution in [3.63, 3.8) is 0 Å². The van der Waals surface area contributed by atoms with E-state index in [0.29, 0.717) is 17.9 Å². The summed E-state index contributed by atoms with van der Waals surface area (Å²) < 4.78 is 0. The number of nitrogens with zero attached hydrogens (tertiary/aromatic N) is 1. The van der Waals surface area contributed by atoms with Gasteiger partial charge in [-0.15, -0.1) is 0 Å². The highest BCUT2D eigenvalue weighted by atomic mass is 32.2. The van der Waals surface area contributed by atoms with E-state index in [-0.39, 0.29) is 6.04 Å². The van der Waals surface area contributed by atoms with Crippen molar-refractivity contribution in [2.24, 2.45) is 5.92 Å². The lowest BCUT2D eigenvalue weighted by atomic mass is 10.0. The average molecular weight is 228 g/mol. The van der Waals surface area contributed by atoms with E-state index in [9.17, 15) is 4.79 Å². The van der Waals surface area contributed by atoms with Crippen LogP contribution in [0.2, 0.25) is 0 Å². The molecule has 2 rings (SSSR count). The second kappa shape index (κ2) is 4.74. The van der Waals surface area contributed by atoms with E-state index in [2.05, 4.69) is 24.1 Å². The molecule has 4 heteroatoms. The third-order valence-electron chi connectivity index (χ3n) is 3.45. The number of carbonyl (C=O) groups is 1. The minimum absolute atomic E-state index is 0.0792. The van der Waals surface area contributed by atoms with Crippen LogP contribution in [-0.4, -0.2) is 47.5 Å². The molecule has 0 spiro atoms. The molecule has 0 aliphatic carbocycles. The molecule has 2 aliphatic heterocycles. The highest BCUT2D eigenvalue weighted by Crippen LogP contribution is 2.21. The van der Waals surface area contributed by atoms with Gasteiger partial charge in [0.2, 0.25) is 5.91 Å². The first-order valence-corrected chi connectivity index (χ1v) is 6.97. The Balaban J connectivity index is 1.99. The van der Waals surface area contributed by atoms with Crippen LogP contribution in [0.25, 0.3) is 0 Å². The molecule has 1 N–H and O–H groups in total. The Morgan fingerprint density at radius 2 is 2.27 bits per heavy atom. The fourth-order valence-corrected chi connectivity index (χ4v) is 3.41. The van der Waals surface area contributed by atoms with Crippen LogP contribution < -0.4 is 5.32 Å². The van der Waals surface area contributed by atoms with Crippen molar-refractivity contribution < 1.29 is 4.79 Å². The van der Waals surface area contributed by atoms with Crippen molar-refractivity contribution in [2.75, 3.05) is 24.6 Å². The highest BCUT2D eigenvalue weighted by Gasteiger charge is 2.34. The molecular formula is C11H20N2OS. The predicted octanol–water partition coefficient (Wildman–Crippen LogP) is 0.948. The van der Waals surface area contributed by atoms with Gasteiger partial charge in [-0.25, -0.2) is 0 Å². The summed E-state index contributed by atoms with van der Waals surface area (Å²) in [5.41, 5.74) is 0. The van der Waals surface area contributed by atoms with E-state index in [1.165, 1.54) is 0 Å². The van der Waals surface area contributed by atoms with Gasteiger partial charge in [-0.1, -0.05) is 6.92 Å². The van der Waals surface area contributed by atoms with E-state index < -0.39 is 0 Å². The molecule has 2 aliphatic rings. The number of hydrogen-bond acceptors (Lipinski definition) is 3. The summed E-state index contributed by atoms with van der Waals surface area (Å²) in [6, 6.07) is 0.487. The van der Waals surface area contributed by atoms with Gasteiger partial charge < -0.3 is 10.2 Å². The molecule has 0 saturated carbocycles. The van der Waals surface area contributed by atoms with Crippen LogP contribution in [0.15, 0.2) is 0 Å². The molecule has 3 unspecified atom stereocenters. The molecule has 0 aromatic heterocycles. The van der Waals surface area contributed by atoms with Gasteiger partial charge in [-0.05, 0) is 25.8 Å². The lowest BCUT2D eigenvalue weighted by Crippen LogP contribution is -2.52. The zero-order valence-electron chi connectivity index (χ0n) is 9.53. The summed E-state index contributed by atoms with van der Waals surface area (Å²) in [6.07, 6.45) is 1.13. The van der Waals surface area contributed by atoms with Crippen LogP contribution in [0.1, 0.15) is 20.3 Å². The monoisotopic (exact) mass is 228 g/mol. The predicted molar refractivity (Wildman–Crippen MR) is 64.1 cm³/mol. The first kappa shape index (κ1) is 11.3.